The van der Waals surface area contributed by atoms with E-state index in [1.54, 1.807) is 12.1 Å². The molecule has 2 N–H and O–H groups in total. The first-order chi connectivity index (χ1) is 28.7. The summed E-state index contributed by atoms with van der Waals surface area (Å²) in [5.41, 5.74) is 6.78. The average Bonchev–Trinajstić information content (AvgIpc) is 3.13. The minimum absolute atomic E-state index is 0.166. The van der Waals surface area contributed by atoms with E-state index >= 15 is 8.78 Å². The molecule has 0 radical (unpaired) electrons. The van der Waals surface area contributed by atoms with E-state index in [0.29, 0.717) is 11.1 Å². The van der Waals surface area contributed by atoms with E-state index in [0.717, 1.165) is 83.6 Å². The molecule has 1 aliphatic heterocycles. The average molecular weight is 818 g/mol. The summed E-state index contributed by atoms with van der Waals surface area (Å²) in [6.07, 6.45) is 18.9. The minimum Gasteiger partial charge on any atom is -0.508 e. The second kappa shape index (κ2) is 12.3. The van der Waals surface area contributed by atoms with E-state index in [1.165, 1.54) is 50.7 Å². The molecule has 13 rings (SSSR count). The highest BCUT2D eigenvalue weighted by Gasteiger charge is 2.66. The Morgan fingerprint density at radius 1 is 0.508 bits per heavy atom. The highest BCUT2D eigenvalue weighted by Crippen LogP contribution is 2.76. The second-order valence-electron chi connectivity index (χ2n) is 24.1. The van der Waals surface area contributed by atoms with Crippen molar-refractivity contribution >= 4 is 12.4 Å². The smallest absolute Gasteiger partial charge is 0.160 e. The molecular formula is C56H61F2NO2. The summed E-state index contributed by atoms with van der Waals surface area (Å²) in [6, 6.07) is 22.8. The summed E-state index contributed by atoms with van der Waals surface area (Å²) in [5, 5.41) is 24.9. The van der Waals surface area contributed by atoms with Crippen LogP contribution < -0.4 is 0 Å². The molecule has 0 aromatic heterocycles. The Morgan fingerprint density at radius 2 is 0.885 bits per heavy atom. The maximum absolute atomic E-state index is 16.1. The molecule has 0 amide bonds. The summed E-state index contributed by atoms with van der Waals surface area (Å²) >= 11 is 0. The van der Waals surface area contributed by atoms with Crippen molar-refractivity contribution in [3.05, 3.63) is 131 Å². The number of phenols is 2. The first-order valence-corrected chi connectivity index (χ1v) is 22.8. The summed E-state index contributed by atoms with van der Waals surface area (Å²) < 4.78 is 34.2. The van der Waals surface area contributed by atoms with E-state index in [9.17, 15) is 10.2 Å². The summed E-state index contributed by atoms with van der Waals surface area (Å²) in [7, 11) is 0. The van der Waals surface area contributed by atoms with Crippen molar-refractivity contribution in [2.24, 2.45) is 32.5 Å². The van der Waals surface area contributed by atoms with Crippen molar-refractivity contribution in [3.63, 3.8) is 0 Å². The molecule has 61 heavy (non-hydrogen) atoms. The van der Waals surface area contributed by atoms with Crippen LogP contribution in [0.4, 0.5) is 8.78 Å². The van der Waals surface area contributed by atoms with Crippen LogP contribution >= 0.6 is 0 Å². The third-order valence-electron chi connectivity index (χ3n) is 17.1. The van der Waals surface area contributed by atoms with Crippen LogP contribution in [0, 0.1) is 50.2 Å². The molecule has 4 aromatic carbocycles. The van der Waals surface area contributed by atoms with Crippen LogP contribution in [0.3, 0.4) is 0 Å². The monoisotopic (exact) mass is 817 g/mol. The van der Waals surface area contributed by atoms with Crippen LogP contribution in [0.1, 0.15) is 141 Å². The minimum atomic E-state index is -0.334. The van der Waals surface area contributed by atoms with Gasteiger partial charge in [-0.3, -0.25) is 0 Å². The number of hydrogen-bond acceptors (Lipinski definition) is 2. The molecule has 8 fully saturated rings. The number of allylic oxidation sites excluding steroid dienone is 2. The van der Waals surface area contributed by atoms with E-state index in [1.807, 2.05) is 71.3 Å². The number of hydrogen-bond donors (Lipinski definition) is 2. The number of nitrogens with zero attached hydrogens (tertiary/aromatic N) is 1. The highest BCUT2D eigenvalue weighted by atomic mass is 19.1. The molecule has 5 heteroatoms. The lowest BCUT2D eigenvalue weighted by atomic mass is 9.35. The van der Waals surface area contributed by atoms with E-state index in [-0.39, 0.29) is 66.5 Å². The molecule has 0 unspecified atom stereocenters. The molecule has 8 bridgehead atoms. The van der Waals surface area contributed by atoms with Gasteiger partial charge in [-0.15, -0.1) is 12.1 Å². The van der Waals surface area contributed by atoms with Crippen molar-refractivity contribution in [2.75, 3.05) is 0 Å². The van der Waals surface area contributed by atoms with Crippen LogP contribution in [0.25, 0.3) is 28.0 Å². The molecule has 8 aliphatic carbocycles. The Hall–Kier alpha value is -4.64. The van der Waals surface area contributed by atoms with Crippen LogP contribution in [0.5, 0.6) is 11.5 Å². The predicted molar refractivity (Wildman–Crippen MR) is 241 cm³/mol. The van der Waals surface area contributed by atoms with E-state index in [2.05, 4.69) is 48.3 Å². The number of rotatable bonds is 6. The largest absolute Gasteiger partial charge is 0.508 e. The Morgan fingerprint density at radius 3 is 1.33 bits per heavy atom. The first kappa shape index (κ1) is 39.2. The Bertz CT molecular complexity index is 2540. The van der Waals surface area contributed by atoms with Gasteiger partial charge >= 0.3 is 0 Å². The lowest BCUT2D eigenvalue weighted by molar-refractivity contribution is -0.391. The zero-order valence-electron chi connectivity index (χ0n) is 37.0. The summed E-state index contributed by atoms with van der Waals surface area (Å²) in [5.74, 6) is -0.313. The van der Waals surface area contributed by atoms with Gasteiger partial charge in [0.1, 0.15) is 29.2 Å². The summed E-state index contributed by atoms with van der Waals surface area (Å²) in [4.78, 5) is 0. The number of phenolic OH excluding ortho intramolecular Hbond substituents is 2. The quantitative estimate of drug-likeness (QED) is 0.150. The van der Waals surface area contributed by atoms with Gasteiger partial charge in [0.2, 0.25) is 0 Å². The normalized spacial score (nSPS) is 38.1. The maximum atomic E-state index is 16.1. The van der Waals surface area contributed by atoms with Crippen molar-refractivity contribution in [1.82, 2.24) is 0 Å². The maximum Gasteiger partial charge on any atom is 0.160 e. The van der Waals surface area contributed by atoms with E-state index in [4.69, 9.17) is 0 Å². The van der Waals surface area contributed by atoms with Crippen LogP contribution in [-0.2, 0) is 10.8 Å². The lowest BCUT2D eigenvalue weighted by Crippen LogP contribution is -2.60. The first-order valence-electron chi connectivity index (χ1n) is 22.8. The molecule has 4 aromatic rings. The predicted octanol–water partition coefficient (Wildman–Crippen LogP) is 14.2. The number of halogens is 2. The molecule has 0 spiro atoms. The standard InChI is InChI=1S/C56H61F2NO2/c1-49-23-50(2)25-51(3,24-49)31-55(29-49,30-50)43-21-35(57)19-41(47(43)60)37-13-8-10-15-39(37)45-17-12-18-46(59(45)7)40-16-11-9-14-38(40)42-20-36(58)22-44(48(42)61)56-32-52(4)26-53(5,33-56)28-54(6,27-52)34-56/h8-22,60-61H,7,23-34H2,1-6H3. The van der Waals surface area contributed by atoms with Crippen molar-refractivity contribution in [1.29, 1.82) is 0 Å². The topological polar surface area (TPSA) is 43.5 Å². The third-order valence-corrected chi connectivity index (χ3v) is 17.1. The zero-order chi connectivity index (χ0) is 42.8. The van der Waals surface area contributed by atoms with Gasteiger partial charge in [0.05, 0.1) is 6.72 Å². The van der Waals surface area contributed by atoms with Crippen molar-refractivity contribution in [3.8, 4) is 33.8 Å². The van der Waals surface area contributed by atoms with Gasteiger partial charge in [0.25, 0.3) is 0 Å². The molecule has 3 nitrogen and oxygen atoms in total. The third kappa shape index (κ3) is 5.91. The molecule has 1 heterocycles. The van der Waals surface area contributed by atoms with Crippen LogP contribution in [0.2, 0.25) is 0 Å². The second-order valence-corrected chi connectivity index (χ2v) is 24.1. The fourth-order valence-corrected chi connectivity index (χ4v) is 18.5. The molecule has 0 atom stereocenters. The fourth-order valence-electron chi connectivity index (χ4n) is 18.5. The Labute approximate surface area is 361 Å². The molecular weight excluding hydrogens is 757 g/mol. The fraction of sp³-hybridized carbons (Fsp3) is 0.464. The Kier molecular flexibility index (Phi) is 7.90. The molecule has 9 aliphatic rings. The van der Waals surface area contributed by atoms with Gasteiger partial charge in [0, 0.05) is 33.1 Å². The van der Waals surface area contributed by atoms with Gasteiger partial charge < -0.3 is 10.2 Å². The molecule has 8 saturated carbocycles. The van der Waals surface area contributed by atoms with Crippen molar-refractivity contribution < 1.29 is 23.6 Å². The summed E-state index contributed by atoms with van der Waals surface area (Å²) in [6.45, 7) is 19.1. The van der Waals surface area contributed by atoms with Gasteiger partial charge in [0.15, 0.2) is 5.70 Å². The van der Waals surface area contributed by atoms with Gasteiger partial charge in [-0.05, 0) is 163 Å². The van der Waals surface area contributed by atoms with Crippen LogP contribution in [-0.4, -0.2) is 21.5 Å². The molecule has 316 valence electrons. The highest BCUT2D eigenvalue weighted by molar-refractivity contribution is 5.85. The zero-order valence-corrected chi connectivity index (χ0v) is 37.0. The Balaban J connectivity index is 0.970. The van der Waals surface area contributed by atoms with Gasteiger partial charge in [-0.1, -0.05) is 89.6 Å². The lowest BCUT2D eigenvalue weighted by Gasteiger charge is -2.69. The van der Waals surface area contributed by atoms with Gasteiger partial charge in [-0.25, -0.2) is 13.4 Å². The van der Waals surface area contributed by atoms with Crippen LogP contribution in [0.15, 0.2) is 91.0 Å². The van der Waals surface area contributed by atoms with Gasteiger partial charge in [-0.2, -0.15) is 0 Å². The van der Waals surface area contributed by atoms with E-state index < -0.39 is 0 Å². The van der Waals surface area contributed by atoms with Crippen molar-refractivity contribution in [2.45, 2.75) is 129 Å². The molecule has 0 saturated heterocycles. The number of aromatic hydroxyl groups is 2. The number of benzene rings is 4. The SMILES string of the molecule is C=[N+]1C(c2ccccc2-c2cc(F)cc(C34CC5(C)CC(C)(CC(C)(C5)C3)C4)c2O)=CC=C[C-]1c1ccccc1-c1cc(F)cc(C23CC4(C)CC(C)(CC(C)(C4)C2)C3)c1O.